The third-order valence-corrected chi connectivity index (χ3v) is 3.03. The van der Waals surface area contributed by atoms with Gasteiger partial charge in [0.1, 0.15) is 11.3 Å². The van der Waals surface area contributed by atoms with Crippen LogP contribution in [0.4, 0.5) is 9.18 Å². The number of amides is 2. The van der Waals surface area contributed by atoms with Crippen LogP contribution in [0, 0.1) is 0 Å². The molecule has 0 spiro atoms. The molecule has 5 nitrogen and oxygen atoms in total. The molecule has 20 heavy (non-hydrogen) atoms. The average molecular weight is 286 g/mol. The van der Waals surface area contributed by atoms with Crippen LogP contribution in [0.15, 0.2) is 12.7 Å². The first-order valence-electron chi connectivity index (χ1n) is 6.72. The highest BCUT2D eigenvalue weighted by Crippen LogP contribution is 2.33. The quantitative estimate of drug-likeness (QED) is 0.777. The summed E-state index contributed by atoms with van der Waals surface area (Å²) in [6.07, 6.45) is 1.56. The fourth-order valence-electron chi connectivity index (χ4n) is 2.17. The molecule has 0 heterocycles. The molecule has 0 radical (unpaired) electrons. The molecule has 0 aromatic carbocycles. The minimum Gasteiger partial charge on any atom is -0.444 e. The highest BCUT2D eigenvalue weighted by Gasteiger charge is 2.40. The molecule has 0 saturated heterocycles. The summed E-state index contributed by atoms with van der Waals surface area (Å²) in [5, 5.41) is 5.11. The molecule has 0 aromatic rings. The second kappa shape index (κ2) is 6.24. The summed E-state index contributed by atoms with van der Waals surface area (Å²) in [5.41, 5.74) is -2.11. The Bertz CT molecular complexity index is 392. The topological polar surface area (TPSA) is 67.4 Å². The first-order valence-corrected chi connectivity index (χ1v) is 6.72. The van der Waals surface area contributed by atoms with Gasteiger partial charge in [0.25, 0.3) is 0 Å². The number of rotatable bonds is 4. The number of nitrogens with one attached hydrogen (secondary N) is 2. The van der Waals surface area contributed by atoms with Gasteiger partial charge in [0.15, 0.2) is 0 Å². The number of alkyl carbamates (subject to hydrolysis) is 1. The van der Waals surface area contributed by atoms with Crippen LogP contribution in [0.3, 0.4) is 0 Å². The summed E-state index contributed by atoms with van der Waals surface area (Å²) < 4.78 is 19.5. The Labute approximate surface area is 118 Å². The lowest BCUT2D eigenvalue weighted by Crippen LogP contribution is -2.42. The van der Waals surface area contributed by atoms with Crippen molar-refractivity contribution in [2.24, 2.45) is 0 Å². The van der Waals surface area contributed by atoms with Gasteiger partial charge in [-0.25, -0.2) is 9.18 Å². The molecule has 1 rings (SSSR count). The van der Waals surface area contributed by atoms with Crippen molar-refractivity contribution >= 4 is 12.0 Å². The zero-order chi connectivity index (χ0) is 15.4. The van der Waals surface area contributed by atoms with E-state index < -0.39 is 17.4 Å². The van der Waals surface area contributed by atoms with Crippen LogP contribution in [0.1, 0.15) is 40.0 Å². The molecule has 0 bridgehead atoms. The molecular weight excluding hydrogens is 263 g/mol. The van der Waals surface area contributed by atoms with Crippen LogP contribution in [-0.4, -0.2) is 35.9 Å². The van der Waals surface area contributed by atoms with Gasteiger partial charge < -0.3 is 15.4 Å². The molecule has 1 saturated carbocycles. The minimum atomic E-state index is -1.50. The Morgan fingerprint density at radius 1 is 1.50 bits per heavy atom. The highest BCUT2D eigenvalue weighted by atomic mass is 19.1. The summed E-state index contributed by atoms with van der Waals surface area (Å²) in [4.78, 5) is 22.6. The van der Waals surface area contributed by atoms with Crippen LogP contribution < -0.4 is 10.6 Å². The molecule has 6 heteroatoms. The molecule has 0 unspecified atom stereocenters. The van der Waals surface area contributed by atoms with Crippen molar-refractivity contribution in [2.75, 3.05) is 6.54 Å². The number of carbonyl (C=O) groups excluding carboxylic acids is 2. The van der Waals surface area contributed by atoms with Gasteiger partial charge in [0.05, 0.1) is 6.54 Å². The molecule has 0 aromatic heterocycles. The molecule has 1 aliphatic carbocycles. The Balaban J connectivity index is 2.39. The van der Waals surface area contributed by atoms with Gasteiger partial charge in [-0.15, -0.1) is 0 Å². The Kier molecular flexibility index (Phi) is 5.14. The third kappa shape index (κ3) is 5.59. The third-order valence-electron chi connectivity index (χ3n) is 3.03. The van der Waals surface area contributed by atoms with E-state index >= 15 is 0 Å². The number of hydrogen-bond donors (Lipinski definition) is 2. The lowest BCUT2D eigenvalue weighted by Gasteiger charge is -2.23. The monoisotopic (exact) mass is 286 g/mol. The van der Waals surface area contributed by atoms with E-state index in [0.29, 0.717) is 12.8 Å². The Hall–Kier alpha value is -1.59. The van der Waals surface area contributed by atoms with Crippen LogP contribution >= 0.6 is 0 Å². The van der Waals surface area contributed by atoms with E-state index in [-0.39, 0.29) is 24.9 Å². The first-order chi connectivity index (χ1) is 9.13. The summed E-state index contributed by atoms with van der Waals surface area (Å²) in [7, 11) is 0. The second-order valence-corrected chi connectivity index (χ2v) is 6.16. The van der Waals surface area contributed by atoms with E-state index in [1.807, 2.05) is 0 Å². The van der Waals surface area contributed by atoms with E-state index in [1.165, 1.54) is 0 Å². The highest BCUT2D eigenvalue weighted by molar-refractivity contribution is 5.87. The fraction of sp³-hybridized carbons (Fsp3) is 0.714. The van der Waals surface area contributed by atoms with Crippen LogP contribution in [-0.2, 0) is 9.53 Å². The summed E-state index contributed by atoms with van der Waals surface area (Å²) >= 11 is 0. The maximum atomic E-state index is 14.5. The van der Waals surface area contributed by atoms with Crippen molar-refractivity contribution in [3.05, 3.63) is 12.7 Å². The zero-order valence-corrected chi connectivity index (χ0v) is 12.3. The van der Waals surface area contributed by atoms with E-state index in [0.717, 1.165) is 6.08 Å². The number of hydrogen-bond acceptors (Lipinski definition) is 3. The molecule has 2 N–H and O–H groups in total. The molecule has 2 atom stereocenters. The standard InChI is InChI=1S/C14H23FN2O3/c1-5-11(18)17-10-6-7-14(15,8-10)9-16-12(19)20-13(2,3)4/h5,10H,1,6-9H2,2-4H3,(H,16,19)(H,17,18)/t10-,14-/m1/s1. The van der Waals surface area contributed by atoms with Crippen molar-refractivity contribution in [1.29, 1.82) is 0 Å². The summed E-state index contributed by atoms with van der Waals surface area (Å²) in [6.45, 7) is 8.48. The van der Waals surface area contributed by atoms with Gasteiger partial charge in [-0.3, -0.25) is 4.79 Å². The zero-order valence-electron chi connectivity index (χ0n) is 12.3. The first kappa shape index (κ1) is 16.5. The van der Waals surface area contributed by atoms with Crippen LogP contribution in [0.2, 0.25) is 0 Å². The molecular formula is C14H23FN2O3. The predicted octanol–water partition coefficient (Wildman–Crippen LogP) is 2.07. The fourth-order valence-corrected chi connectivity index (χ4v) is 2.17. The van der Waals surface area contributed by atoms with Crippen molar-refractivity contribution in [2.45, 2.75) is 57.3 Å². The van der Waals surface area contributed by atoms with Gasteiger partial charge in [0.2, 0.25) is 5.91 Å². The maximum Gasteiger partial charge on any atom is 0.407 e. The summed E-state index contributed by atoms with van der Waals surface area (Å²) in [6, 6.07) is -0.217. The van der Waals surface area contributed by atoms with Gasteiger partial charge in [-0.05, 0) is 39.7 Å². The van der Waals surface area contributed by atoms with E-state index in [2.05, 4.69) is 17.2 Å². The van der Waals surface area contributed by atoms with Crippen molar-refractivity contribution in [1.82, 2.24) is 10.6 Å². The van der Waals surface area contributed by atoms with Gasteiger partial charge in [-0.2, -0.15) is 0 Å². The molecule has 1 fully saturated rings. The van der Waals surface area contributed by atoms with Crippen molar-refractivity contribution in [3.8, 4) is 0 Å². The van der Waals surface area contributed by atoms with Gasteiger partial charge in [-0.1, -0.05) is 6.58 Å². The number of ether oxygens (including phenoxy) is 1. The molecule has 0 aliphatic heterocycles. The largest absolute Gasteiger partial charge is 0.444 e. The average Bonchev–Trinajstić information content (AvgIpc) is 2.67. The molecule has 114 valence electrons. The van der Waals surface area contributed by atoms with Gasteiger partial charge in [0, 0.05) is 12.5 Å². The SMILES string of the molecule is C=CC(=O)N[C@@H]1CC[C@](F)(CNC(=O)OC(C)(C)C)C1. The molecule has 2 amide bonds. The second-order valence-electron chi connectivity index (χ2n) is 6.16. The lowest BCUT2D eigenvalue weighted by molar-refractivity contribution is -0.117. The van der Waals surface area contributed by atoms with Crippen LogP contribution in [0.5, 0.6) is 0 Å². The van der Waals surface area contributed by atoms with E-state index in [4.69, 9.17) is 4.74 Å². The maximum absolute atomic E-state index is 14.5. The Morgan fingerprint density at radius 3 is 2.70 bits per heavy atom. The number of carbonyl (C=O) groups is 2. The lowest BCUT2D eigenvalue weighted by atomic mass is 10.0. The Morgan fingerprint density at radius 2 is 2.15 bits per heavy atom. The molecule has 1 aliphatic rings. The smallest absolute Gasteiger partial charge is 0.407 e. The van der Waals surface area contributed by atoms with E-state index in [1.54, 1.807) is 20.8 Å². The summed E-state index contributed by atoms with van der Waals surface area (Å²) in [5.74, 6) is -0.306. The number of halogens is 1. The van der Waals surface area contributed by atoms with Crippen molar-refractivity contribution < 1.29 is 18.7 Å². The predicted molar refractivity (Wildman–Crippen MR) is 74.1 cm³/mol. The normalized spacial score (nSPS) is 25.9. The van der Waals surface area contributed by atoms with E-state index in [9.17, 15) is 14.0 Å². The van der Waals surface area contributed by atoms with Crippen molar-refractivity contribution in [3.63, 3.8) is 0 Å². The number of alkyl halides is 1. The van der Waals surface area contributed by atoms with Gasteiger partial charge >= 0.3 is 6.09 Å². The van der Waals surface area contributed by atoms with Crippen LogP contribution in [0.25, 0.3) is 0 Å². The minimum absolute atomic E-state index is 0.109.